The predicted molar refractivity (Wildman–Crippen MR) is 88.4 cm³/mol. The molecule has 0 amide bonds. The van der Waals surface area contributed by atoms with Crippen LogP contribution in [-0.4, -0.2) is 45.7 Å². The number of likely N-dealkylation sites (N-methyl/N-ethyl adjacent to an activating group) is 1. The fraction of sp³-hybridized carbons (Fsp3) is 0.267. The van der Waals surface area contributed by atoms with Gasteiger partial charge in [-0.3, -0.25) is 0 Å². The maximum absolute atomic E-state index is 4.08. The number of nitrogens with one attached hydrogen (secondary N) is 1. The Hall–Kier alpha value is -2.25. The van der Waals surface area contributed by atoms with Crippen LogP contribution in [-0.2, 0) is 0 Å². The first-order valence-electron chi connectivity index (χ1n) is 7.03. The molecule has 2 heterocycles. The zero-order chi connectivity index (χ0) is 15.4. The molecule has 0 radical (unpaired) electrons. The fourth-order valence-corrected chi connectivity index (χ4v) is 3.17. The van der Waals surface area contributed by atoms with E-state index >= 15 is 0 Å². The fourth-order valence-electron chi connectivity index (χ4n) is 2.25. The smallest absolute Gasteiger partial charge is 0.247 e. The summed E-state index contributed by atoms with van der Waals surface area (Å²) in [7, 11) is 4.15. The van der Waals surface area contributed by atoms with E-state index in [9.17, 15) is 0 Å². The van der Waals surface area contributed by atoms with Crippen molar-refractivity contribution in [1.82, 2.24) is 25.1 Å². The zero-order valence-corrected chi connectivity index (χ0v) is 13.4. The second-order valence-electron chi connectivity index (χ2n) is 5.13. The molecule has 0 saturated carbocycles. The van der Waals surface area contributed by atoms with Crippen LogP contribution >= 0.6 is 11.3 Å². The van der Waals surface area contributed by atoms with Crippen molar-refractivity contribution in [3.8, 4) is 5.69 Å². The minimum atomic E-state index is 0.279. The molecule has 0 aliphatic rings. The molecule has 114 valence electrons. The lowest BCUT2D eigenvalue weighted by molar-refractivity contribution is 0.315. The first-order valence-corrected chi connectivity index (χ1v) is 7.91. The highest BCUT2D eigenvalue weighted by molar-refractivity contribution is 7.10. The number of nitrogens with zero attached hydrogens (tertiary/aromatic N) is 5. The van der Waals surface area contributed by atoms with Gasteiger partial charge in [-0.1, -0.05) is 29.4 Å². The van der Waals surface area contributed by atoms with Crippen LogP contribution in [0.15, 0.2) is 47.8 Å². The highest BCUT2D eigenvalue weighted by Gasteiger charge is 2.16. The van der Waals surface area contributed by atoms with Crippen molar-refractivity contribution in [1.29, 1.82) is 0 Å². The van der Waals surface area contributed by atoms with Crippen molar-refractivity contribution in [2.24, 2.45) is 0 Å². The van der Waals surface area contributed by atoms with Crippen LogP contribution in [0.2, 0.25) is 0 Å². The van der Waals surface area contributed by atoms with E-state index in [1.807, 2.05) is 30.3 Å². The molecule has 0 fully saturated rings. The van der Waals surface area contributed by atoms with Gasteiger partial charge < -0.3 is 10.2 Å². The third kappa shape index (κ3) is 3.15. The van der Waals surface area contributed by atoms with E-state index in [4.69, 9.17) is 0 Å². The first kappa shape index (κ1) is 14.7. The Morgan fingerprint density at radius 2 is 2.00 bits per heavy atom. The molecular weight excluding hydrogens is 296 g/mol. The number of benzene rings is 1. The highest BCUT2D eigenvalue weighted by Crippen LogP contribution is 2.23. The molecule has 3 aromatic rings. The second-order valence-corrected chi connectivity index (χ2v) is 6.10. The van der Waals surface area contributed by atoms with Crippen LogP contribution < -0.4 is 5.32 Å². The van der Waals surface area contributed by atoms with E-state index in [0.717, 1.165) is 12.2 Å². The van der Waals surface area contributed by atoms with Crippen molar-refractivity contribution in [3.63, 3.8) is 0 Å². The van der Waals surface area contributed by atoms with Crippen molar-refractivity contribution in [3.05, 3.63) is 52.7 Å². The standard InChI is InChI=1S/C15H18N6S/c1-20(2)13(14-9-6-10-22-14)11-16-15-17-18-19-21(15)12-7-4-3-5-8-12/h3-10,13H,11H2,1-2H3,(H,16,17,19). The summed E-state index contributed by atoms with van der Waals surface area (Å²) in [6.45, 7) is 0.737. The summed E-state index contributed by atoms with van der Waals surface area (Å²) in [5, 5.41) is 17.4. The lowest BCUT2D eigenvalue weighted by atomic mass is 10.2. The molecule has 0 saturated heterocycles. The van der Waals surface area contributed by atoms with Crippen LogP contribution in [0.3, 0.4) is 0 Å². The second kappa shape index (κ2) is 6.67. The van der Waals surface area contributed by atoms with E-state index < -0.39 is 0 Å². The van der Waals surface area contributed by atoms with Crippen molar-refractivity contribution < 1.29 is 0 Å². The molecule has 1 unspecified atom stereocenters. The highest BCUT2D eigenvalue weighted by atomic mass is 32.1. The summed E-state index contributed by atoms with van der Waals surface area (Å²) in [5.41, 5.74) is 0.938. The molecule has 22 heavy (non-hydrogen) atoms. The van der Waals surface area contributed by atoms with Crippen LogP contribution in [0.25, 0.3) is 5.69 Å². The number of tetrazole rings is 1. The Labute approximate surface area is 133 Å². The predicted octanol–water partition coefficient (Wildman–Crippen LogP) is 2.44. The quantitative estimate of drug-likeness (QED) is 0.757. The number of para-hydroxylation sites is 1. The van der Waals surface area contributed by atoms with Gasteiger partial charge in [-0.2, -0.15) is 4.68 Å². The number of aromatic nitrogens is 4. The Kier molecular flexibility index (Phi) is 4.45. The van der Waals surface area contributed by atoms with Gasteiger partial charge in [0.05, 0.1) is 11.7 Å². The number of hydrogen-bond acceptors (Lipinski definition) is 6. The molecule has 1 aromatic carbocycles. The van der Waals surface area contributed by atoms with E-state index in [-0.39, 0.29) is 6.04 Å². The first-order chi connectivity index (χ1) is 10.8. The van der Waals surface area contributed by atoms with Gasteiger partial charge in [-0.15, -0.1) is 11.3 Å². The maximum atomic E-state index is 4.08. The molecule has 0 aliphatic carbocycles. The lowest BCUT2D eigenvalue weighted by Gasteiger charge is -2.23. The molecule has 7 heteroatoms. The summed E-state index contributed by atoms with van der Waals surface area (Å²) in [4.78, 5) is 3.51. The van der Waals surface area contributed by atoms with E-state index in [1.54, 1.807) is 16.0 Å². The average molecular weight is 314 g/mol. The van der Waals surface area contributed by atoms with Crippen LogP contribution in [0.1, 0.15) is 10.9 Å². The number of thiophene rings is 1. The Morgan fingerprint density at radius 3 is 2.68 bits per heavy atom. The molecular formula is C15H18N6S. The van der Waals surface area contributed by atoms with E-state index in [0.29, 0.717) is 5.95 Å². The number of anilines is 1. The van der Waals surface area contributed by atoms with Crippen molar-refractivity contribution >= 4 is 17.3 Å². The van der Waals surface area contributed by atoms with Gasteiger partial charge in [0.25, 0.3) is 0 Å². The molecule has 1 atom stereocenters. The van der Waals surface area contributed by atoms with Gasteiger partial charge in [0, 0.05) is 11.4 Å². The zero-order valence-electron chi connectivity index (χ0n) is 12.5. The maximum Gasteiger partial charge on any atom is 0.247 e. The summed E-state index contributed by atoms with van der Waals surface area (Å²) in [5.74, 6) is 0.648. The largest absolute Gasteiger partial charge is 0.351 e. The minimum absolute atomic E-state index is 0.279. The summed E-state index contributed by atoms with van der Waals surface area (Å²) < 4.78 is 1.71. The number of hydrogen-bond donors (Lipinski definition) is 1. The van der Waals surface area contributed by atoms with Gasteiger partial charge in [-0.05, 0) is 48.1 Å². The van der Waals surface area contributed by atoms with Gasteiger partial charge in [0.1, 0.15) is 0 Å². The topological polar surface area (TPSA) is 58.9 Å². The normalized spacial score (nSPS) is 12.5. The number of rotatable bonds is 6. The Balaban J connectivity index is 1.76. The average Bonchev–Trinajstić information content (AvgIpc) is 3.19. The summed E-state index contributed by atoms with van der Waals surface area (Å²) in [6.07, 6.45) is 0. The van der Waals surface area contributed by atoms with Gasteiger partial charge >= 0.3 is 0 Å². The third-order valence-electron chi connectivity index (χ3n) is 3.42. The Bertz CT molecular complexity index is 692. The summed E-state index contributed by atoms with van der Waals surface area (Å²) >= 11 is 1.76. The Morgan fingerprint density at radius 1 is 1.18 bits per heavy atom. The van der Waals surface area contributed by atoms with Crippen LogP contribution in [0.5, 0.6) is 0 Å². The van der Waals surface area contributed by atoms with E-state index in [1.165, 1.54) is 4.88 Å². The van der Waals surface area contributed by atoms with Crippen molar-refractivity contribution in [2.75, 3.05) is 26.0 Å². The van der Waals surface area contributed by atoms with Gasteiger partial charge in [0.15, 0.2) is 0 Å². The lowest BCUT2D eigenvalue weighted by Crippen LogP contribution is -2.27. The van der Waals surface area contributed by atoms with Gasteiger partial charge in [-0.25, -0.2) is 0 Å². The molecule has 0 spiro atoms. The molecule has 0 aliphatic heterocycles. The molecule has 6 nitrogen and oxygen atoms in total. The van der Waals surface area contributed by atoms with Gasteiger partial charge in [0.2, 0.25) is 5.95 Å². The molecule has 2 aromatic heterocycles. The molecule has 3 rings (SSSR count). The van der Waals surface area contributed by atoms with Crippen LogP contribution in [0.4, 0.5) is 5.95 Å². The van der Waals surface area contributed by atoms with Crippen LogP contribution in [0, 0.1) is 0 Å². The molecule has 1 N–H and O–H groups in total. The SMILES string of the molecule is CN(C)C(CNc1nnnn1-c1ccccc1)c1cccs1. The molecule has 0 bridgehead atoms. The van der Waals surface area contributed by atoms with Crippen molar-refractivity contribution in [2.45, 2.75) is 6.04 Å². The minimum Gasteiger partial charge on any atom is -0.351 e. The third-order valence-corrected chi connectivity index (χ3v) is 4.39. The monoisotopic (exact) mass is 314 g/mol. The van der Waals surface area contributed by atoms with E-state index in [2.05, 4.69) is 57.4 Å². The summed E-state index contributed by atoms with van der Waals surface area (Å²) in [6, 6.07) is 14.4.